The van der Waals surface area contributed by atoms with Crippen molar-refractivity contribution in [3.63, 3.8) is 0 Å². The summed E-state index contributed by atoms with van der Waals surface area (Å²) in [5.74, 6) is 0.382. The van der Waals surface area contributed by atoms with E-state index in [1.807, 2.05) is 44.1 Å². The van der Waals surface area contributed by atoms with E-state index in [4.69, 9.17) is 0 Å². The fourth-order valence-corrected chi connectivity index (χ4v) is 3.10. The van der Waals surface area contributed by atoms with E-state index in [2.05, 4.69) is 10.6 Å². The maximum Gasteiger partial charge on any atom is 0.319 e. The molecule has 5 heteroatoms. The van der Waals surface area contributed by atoms with E-state index in [9.17, 15) is 9.90 Å². The van der Waals surface area contributed by atoms with Crippen LogP contribution in [0.3, 0.4) is 0 Å². The molecule has 3 N–H and O–H groups in total. The van der Waals surface area contributed by atoms with Crippen LogP contribution in [0.25, 0.3) is 0 Å². The third-order valence-corrected chi connectivity index (χ3v) is 4.24. The van der Waals surface area contributed by atoms with Crippen molar-refractivity contribution in [2.75, 3.05) is 30.9 Å². The van der Waals surface area contributed by atoms with Gasteiger partial charge in [-0.15, -0.1) is 0 Å². The van der Waals surface area contributed by atoms with Crippen LogP contribution in [0.15, 0.2) is 18.2 Å². The molecule has 1 aromatic rings. The molecule has 0 aliphatic heterocycles. The van der Waals surface area contributed by atoms with E-state index in [-0.39, 0.29) is 12.1 Å². The van der Waals surface area contributed by atoms with Crippen molar-refractivity contribution < 1.29 is 9.90 Å². The van der Waals surface area contributed by atoms with Gasteiger partial charge in [0.2, 0.25) is 0 Å². The number of aryl methyl sites for hydroxylation is 1. The van der Waals surface area contributed by atoms with Gasteiger partial charge in [-0.25, -0.2) is 4.79 Å². The predicted molar refractivity (Wildman–Crippen MR) is 90.5 cm³/mol. The van der Waals surface area contributed by atoms with Gasteiger partial charge >= 0.3 is 6.03 Å². The maximum atomic E-state index is 12.0. The molecule has 2 atom stereocenters. The quantitative estimate of drug-likeness (QED) is 0.801. The van der Waals surface area contributed by atoms with Crippen molar-refractivity contribution in [1.82, 2.24) is 5.32 Å². The van der Waals surface area contributed by atoms with Crippen molar-refractivity contribution in [3.8, 4) is 0 Å². The van der Waals surface area contributed by atoms with Crippen molar-refractivity contribution in [3.05, 3.63) is 23.8 Å². The molecule has 5 nitrogen and oxygen atoms in total. The molecule has 1 aromatic carbocycles. The van der Waals surface area contributed by atoms with E-state index in [1.54, 1.807) is 0 Å². The minimum atomic E-state index is -0.204. The average Bonchev–Trinajstić information content (AvgIpc) is 2.45. The van der Waals surface area contributed by atoms with Crippen LogP contribution in [-0.4, -0.2) is 37.9 Å². The number of carbonyl (C=O) groups excluding carboxylic acids is 1. The molecule has 0 aromatic heterocycles. The normalized spacial score (nSPS) is 21.3. The number of hydrogen-bond acceptors (Lipinski definition) is 3. The molecule has 0 saturated heterocycles. The number of carbonyl (C=O) groups is 1. The van der Waals surface area contributed by atoms with Gasteiger partial charge in [0.05, 0.1) is 6.10 Å². The Morgan fingerprint density at radius 2 is 2.14 bits per heavy atom. The zero-order valence-corrected chi connectivity index (χ0v) is 13.7. The largest absolute Gasteiger partial charge is 0.393 e. The molecule has 2 rings (SSSR count). The number of aliphatic hydroxyl groups is 1. The van der Waals surface area contributed by atoms with Crippen LogP contribution in [0.5, 0.6) is 0 Å². The highest BCUT2D eigenvalue weighted by Crippen LogP contribution is 2.24. The summed E-state index contributed by atoms with van der Waals surface area (Å²) in [6.07, 6.45) is 3.59. The zero-order valence-electron chi connectivity index (χ0n) is 13.7. The van der Waals surface area contributed by atoms with E-state index >= 15 is 0 Å². The Balaban J connectivity index is 1.83. The molecular formula is C17H27N3O2. The van der Waals surface area contributed by atoms with Crippen LogP contribution in [0.4, 0.5) is 16.2 Å². The number of rotatable bonds is 4. The number of amides is 2. The Hall–Kier alpha value is -1.75. The van der Waals surface area contributed by atoms with E-state index in [0.717, 1.165) is 42.6 Å². The fraction of sp³-hybridized carbons (Fsp3) is 0.588. The zero-order chi connectivity index (χ0) is 16.1. The average molecular weight is 305 g/mol. The Morgan fingerprint density at radius 3 is 2.77 bits per heavy atom. The molecule has 2 unspecified atom stereocenters. The minimum Gasteiger partial charge on any atom is -0.393 e. The number of hydrogen-bond donors (Lipinski definition) is 3. The smallest absolute Gasteiger partial charge is 0.319 e. The molecule has 1 aliphatic rings. The SMILES string of the molecule is Cc1cc(NC(=O)NCC2CCCC(O)C2)ccc1N(C)C. The minimum absolute atomic E-state index is 0.183. The number of urea groups is 1. The van der Waals surface area contributed by atoms with Crippen LogP contribution in [0, 0.1) is 12.8 Å². The first kappa shape index (κ1) is 16.6. The molecule has 122 valence electrons. The lowest BCUT2D eigenvalue weighted by Gasteiger charge is -2.25. The molecule has 0 heterocycles. The number of nitrogens with one attached hydrogen (secondary N) is 2. The third kappa shape index (κ3) is 4.63. The summed E-state index contributed by atoms with van der Waals surface area (Å²) in [5, 5.41) is 15.4. The maximum absolute atomic E-state index is 12.0. The first-order chi connectivity index (χ1) is 10.5. The van der Waals surface area contributed by atoms with Gasteiger partial charge in [-0.2, -0.15) is 0 Å². The van der Waals surface area contributed by atoms with Crippen molar-refractivity contribution in [1.29, 1.82) is 0 Å². The van der Waals surface area contributed by atoms with Gasteiger partial charge in [0.25, 0.3) is 0 Å². The van der Waals surface area contributed by atoms with Gasteiger partial charge in [0.15, 0.2) is 0 Å². The fourth-order valence-electron chi connectivity index (χ4n) is 3.10. The molecule has 0 bridgehead atoms. The van der Waals surface area contributed by atoms with E-state index in [0.29, 0.717) is 12.5 Å². The van der Waals surface area contributed by atoms with Crippen LogP contribution >= 0.6 is 0 Å². The third-order valence-electron chi connectivity index (χ3n) is 4.24. The number of benzene rings is 1. The Morgan fingerprint density at radius 1 is 1.36 bits per heavy atom. The van der Waals surface area contributed by atoms with E-state index in [1.165, 1.54) is 0 Å². The second-order valence-corrected chi connectivity index (χ2v) is 6.42. The topological polar surface area (TPSA) is 64.6 Å². The van der Waals surface area contributed by atoms with Gasteiger partial charge < -0.3 is 20.6 Å². The summed E-state index contributed by atoms with van der Waals surface area (Å²) < 4.78 is 0. The summed E-state index contributed by atoms with van der Waals surface area (Å²) in [6, 6.07) is 5.70. The van der Waals surface area contributed by atoms with Gasteiger partial charge in [-0.05, 0) is 55.9 Å². The summed E-state index contributed by atoms with van der Waals surface area (Å²) in [7, 11) is 4.00. The lowest BCUT2D eigenvalue weighted by Crippen LogP contribution is -2.35. The van der Waals surface area contributed by atoms with Crippen LogP contribution in [-0.2, 0) is 0 Å². The summed E-state index contributed by atoms with van der Waals surface area (Å²) in [5.41, 5.74) is 3.06. The molecular weight excluding hydrogens is 278 g/mol. The lowest BCUT2D eigenvalue weighted by atomic mass is 9.87. The molecule has 22 heavy (non-hydrogen) atoms. The Labute approximate surface area is 132 Å². The molecule has 1 saturated carbocycles. The monoisotopic (exact) mass is 305 g/mol. The van der Waals surface area contributed by atoms with Crippen LogP contribution in [0.2, 0.25) is 0 Å². The van der Waals surface area contributed by atoms with Gasteiger partial charge in [-0.1, -0.05) is 6.42 Å². The first-order valence-electron chi connectivity index (χ1n) is 7.96. The molecule has 1 aliphatic carbocycles. The Bertz CT molecular complexity index is 517. The highest BCUT2D eigenvalue weighted by Gasteiger charge is 2.20. The van der Waals surface area contributed by atoms with Crippen molar-refractivity contribution >= 4 is 17.4 Å². The molecule has 0 radical (unpaired) electrons. The van der Waals surface area contributed by atoms with Gasteiger partial charge in [0, 0.05) is 32.0 Å². The summed E-state index contributed by atoms with van der Waals surface area (Å²) in [4.78, 5) is 14.0. The number of aliphatic hydroxyl groups excluding tert-OH is 1. The number of anilines is 2. The second kappa shape index (κ2) is 7.49. The van der Waals surface area contributed by atoms with Gasteiger partial charge in [0.1, 0.15) is 0 Å². The highest BCUT2D eigenvalue weighted by molar-refractivity contribution is 5.89. The van der Waals surface area contributed by atoms with Crippen LogP contribution < -0.4 is 15.5 Å². The Kier molecular flexibility index (Phi) is 5.66. The predicted octanol–water partition coefficient (Wildman–Crippen LogP) is 2.73. The first-order valence-corrected chi connectivity index (χ1v) is 7.96. The van der Waals surface area contributed by atoms with Crippen molar-refractivity contribution in [2.45, 2.75) is 38.7 Å². The highest BCUT2D eigenvalue weighted by atomic mass is 16.3. The summed E-state index contributed by atoms with van der Waals surface area (Å²) in [6.45, 7) is 2.65. The van der Waals surface area contributed by atoms with Crippen molar-refractivity contribution in [2.24, 2.45) is 5.92 Å². The van der Waals surface area contributed by atoms with Crippen LogP contribution in [0.1, 0.15) is 31.2 Å². The van der Waals surface area contributed by atoms with Gasteiger partial charge in [-0.3, -0.25) is 0 Å². The molecule has 2 amide bonds. The lowest BCUT2D eigenvalue weighted by molar-refractivity contribution is 0.101. The van der Waals surface area contributed by atoms with E-state index < -0.39 is 0 Å². The second-order valence-electron chi connectivity index (χ2n) is 6.42. The standard InChI is InChI=1S/C17H27N3O2/c1-12-9-14(7-8-16(12)20(2)3)19-17(22)18-11-13-5-4-6-15(21)10-13/h7-9,13,15,21H,4-6,10-11H2,1-3H3,(H2,18,19,22). The molecule has 0 spiro atoms. The number of nitrogens with zero attached hydrogens (tertiary/aromatic N) is 1. The molecule has 1 fully saturated rings. The summed E-state index contributed by atoms with van der Waals surface area (Å²) >= 11 is 0.